The van der Waals surface area contributed by atoms with Crippen LogP contribution in [0.15, 0.2) is 36.7 Å². The highest BCUT2D eigenvalue weighted by Gasteiger charge is 2.27. The van der Waals surface area contributed by atoms with Crippen molar-refractivity contribution in [1.29, 1.82) is 0 Å². The molecule has 0 bridgehead atoms. The molecule has 0 spiro atoms. The molecule has 1 aliphatic heterocycles. The summed E-state index contributed by atoms with van der Waals surface area (Å²) < 4.78 is 7.24. The van der Waals surface area contributed by atoms with E-state index in [9.17, 15) is 4.79 Å². The highest BCUT2D eigenvalue weighted by molar-refractivity contribution is 6.38. The number of likely N-dealkylation sites (tertiary alicyclic amines) is 1. The number of aromatic nitrogens is 3. The molecule has 1 saturated heterocycles. The quantitative estimate of drug-likeness (QED) is 0.665. The zero-order valence-corrected chi connectivity index (χ0v) is 17.6. The number of hydrogen-bond donors (Lipinski definition) is 1. The van der Waals surface area contributed by atoms with Gasteiger partial charge in [-0.2, -0.15) is 5.10 Å². The zero-order chi connectivity index (χ0) is 21.5. The number of carbonyl (C=O) groups is 1. The summed E-state index contributed by atoms with van der Waals surface area (Å²) in [5, 5.41) is 4.33. The van der Waals surface area contributed by atoms with Gasteiger partial charge in [-0.15, -0.1) is 0 Å². The van der Waals surface area contributed by atoms with Crippen LogP contribution in [-0.4, -0.2) is 52.1 Å². The third kappa shape index (κ3) is 3.99. The maximum atomic E-state index is 12.3. The second kappa shape index (κ2) is 7.67. The predicted octanol–water partition coefficient (Wildman–Crippen LogP) is 2.89. The third-order valence-electron chi connectivity index (χ3n) is 5.41. The highest BCUT2D eigenvalue weighted by Crippen LogP contribution is 2.32. The molecule has 2 aromatic heterocycles. The number of fused-ring (bicyclic) bond motifs is 1. The predicted molar refractivity (Wildman–Crippen MR) is 118 cm³/mol. The Kier molecular flexibility index (Phi) is 5.18. The van der Waals surface area contributed by atoms with Crippen molar-refractivity contribution in [3.8, 4) is 11.3 Å². The van der Waals surface area contributed by atoms with Crippen LogP contribution in [0, 0.1) is 0 Å². The van der Waals surface area contributed by atoms with Crippen molar-refractivity contribution in [3.63, 3.8) is 0 Å². The summed E-state index contributed by atoms with van der Waals surface area (Å²) in [6, 6.07) is 10.3. The fraction of sp³-hybridized carbons (Fsp3) is 0.409. The Morgan fingerprint density at radius 3 is 2.67 bits per heavy atom. The topological polar surface area (TPSA) is 85.8 Å². The number of ether oxygens (including phenoxy) is 1. The molecule has 0 atom stereocenters. The summed E-state index contributed by atoms with van der Waals surface area (Å²) in [6.45, 7) is 7.04. The number of benzene rings is 1. The Hall–Kier alpha value is -3.03. The minimum Gasteiger partial charge on any atom is -0.444 e. The second-order valence-electron chi connectivity index (χ2n) is 8.76. The van der Waals surface area contributed by atoms with E-state index in [4.69, 9.17) is 18.3 Å². The summed E-state index contributed by atoms with van der Waals surface area (Å²) in [4.78, 5) is 18.1. The molecule has 4 rings (SSSR count). The summed E-state index contributed by atoms with van der Waals surface area (Å²) in [5.74, 6) is 0.742. The first-order valence-corrected chi connectivity index (χ1v) is 10.2. The molecule has 30 heavy (non-hydrogen) atoms. The Morgan fingerprint density at radius 1 is 1.23 bits per heavy atom. The normalized spacial score (nSPS) is 15.5. The maximum absolute atomic E-state index is 12.3. The van der Waals surface area contributed by atoms with Crippen LogP contribution in [0.3, 0.4) is 0 Å². The van der Waals surface area contributed by atoms with Crippen LogP contribution in [-0.2, 0) is 4.74 Å². The average molecular weight is 403 g/mol. The van der Waals surface area contributed by atoms with Gasteiger partial charge in [0.2, 0.25) is 0 Å². The fourth-order valence-corrected chi connectivity index (χ4v) is 3.98. The van der Waals surface area contributed by atoms with Crippen LogP contribution in [0.25, 0.3) is 16.8 Å². The lowest BCUT2D eigenvalue weighted by Crippen LogP contribution is -2.41. The van der Waals surface area contributed by atoms with Crippen LogP contribution in [0.1, 0.15) is 45.1 Å². The van der Waals surface area contributed by atoms with E-state index in [1.807, 2.05) is 39.0 Å². The van der Waals surface area contributed by atoms with Gasteiger partial charge in [-0.3, -0.25) is 0 Å². The van der Waals surface area contributed by atoms with Crippen LogP contribution < -0.4 is 11.2 Å². The molecule has 7 nitrogen and oxygen atoms in total. The van der Waals surface area contributed by atoms with Gasteiger partial charge in [-0.05, 0) is 57.2 Å². The molecule has 1 amide bonds. The van der Waals surface area contributed by atoms with Gasteiger partial charge in [0.15, 0.2) is 5.82 Å². The molecule has 2 radical (unpaired) electrons. The number of nitrogen functional groups attached to an aromatic ring is 1. The minimum atomic E-state index is -0.475. The highest BCUT2D eigenvalue weighted by atomic mass is 16.6. The van der Waals surface area contributed by atoms with E-state index < -0.39 is 5.60 Å². The number of nitrogens with zero attached hydrogens (tertiary/aromatic N) is 4. The van der Waals surface area contributed by atoms with Crippen molar-refractivity contribution >= 4 is 30.7 Å². The van der Waals surface area contributed by atoms with Crippen LogP contribution >= 0.6 is 0 Å². The van der Waals surface area contributed by atoms with Gasteiger partial charge in [0.1, 0.15) is 25.3 Å². The van der Waals surface area contributed by atoms with E-state index in [1.165, 1.54) is 11.9 Å². The van der Waals surface area contributed by atoms with E-state index in [-0.39, 0.29) is 6.09 Å². The standard InChI is InChI=1S/C22H26BN5O2/c1-22(2,3)30-21(29)27-9-7-14(8-10-27)15-5-4-6-16(11-15)18-12-17(23)19-20(24)25-13-26-28(18)19/h4-6,11-14H,7-10H2,1-3H3,(H2,24,25,26). The molecule has 1 fully saturated rings. The number of anilines is 1. The van der Waals surface area contributed by atoms with Crippen molar-refractivity contribution in [2.75, 3.05) is 18.8 Å². The number of carbonyl (C=O) groups excluding carboxylic acids is 1. The van der Waals surface area contributed by atoms with Crippen molar-refractivity contribution in [3.05, 3.63) is 42.2 Å². The summed E-state index contributed by atoms with van der Waals surface area (Å²) in [6.07, 6.45) is 2.99. The van der Waals surface area contributed by atoms with Crippen LogP contribution in [0.5, 0.6) is 0 Å². The van der Waals surface area contributed by atoms with Crippen LogP contribution in [0.4, 0.5) is 10.6 Å². The van der Waals surface area contributed by atoms with Gasteiger partial charge < -0.3 is 15.4 Å². The first-order valence-electron chi connectivity index (χ1n) is 10.2. The smallest absolute Gasteiger partial charge is 0.410 e. The van der Waals surface area contributed by atoms with Crippen molar-refractivity contribution < 1.29 is 9.53 Å². The molecular formula is C22H26BN5O2. The number of rotatable bonds is 2. The largest absolute Gasteiger partial charge is 0.444 e. The van der Waals surface area contributed by atoms with Gasteiger partial charge in [-0.25, -0.2) is 14.3 Å². The average Bonchev–Trinajstić information content (AvgIpc) is 3.05. The Balaban J connectivity index is 1.53. The second-order valence-corrected chi connectivity index (χ2v) is 8.76. The van der Waals surface area contributed by atoms with Crippen molar-refractivity contribution in [2.24, 2.45) is 0 Å². The van der Waals surface area contributed by atoms with E-state index in [1.54, 1.807) is 9.42 Å². The molecule has 154 valence electrons. The van der Waals surface area contributed by atoms with Gasteiger partial charge in [0.25, 0.3) is 0 Å². The van der Waals surface area contributed by atoms with Gasteiger partial charge in [0.05, 0.1) is 5.69 Å². The monoisotopic (exact) mass is 403 g/mol. The first-order chi connectivity index (χ1) is 14.2. The van der Waals surface area contributed by atoms with Crippen molar-refractivity contribution in [2.45, 2.75) is 45.1 Å². The third-order valence-corrected chi connectivity index (χ3v) is 5.41. The minimum absolute atomic E-state index is 0.234. The fourth-order valence-electron chi connectivity index (χ4n) is 3.98. The lowest BCUT2D eigenvalue weighted by Gasteiger charge is -2.33. The lowest BCUT2D eigenvalue weighted by atomic mass is 9.88. The van der Waals surface area contributed by atoms with Gasteiger partial charge >= 0.3 is 6.09 Å². The molecule has 3 heterocycles. The number of nitrogens with two attached hydrogens (primary N) is 1. The van der Waals surface area contributed by atoms with E-state index >= 15 is 0 Å². The van der Waals surface area contributed by atoms with Crippen LogP contribution in [0.2, 0.25) is 0 Å². The number of amides is 1. The molecule has 1 aromatic carbocycles. The molecule has 8 heteroatoms. The maximum Gasteiger partial charge on any atom is 0.410 e. The molecule has 0 aliphatic carbocycles. The first kappa shape index (κ1) is 20.3. The number of hydrogen-bond acceptors (Lipinski definition) is 5. The lowest BCUT2D eigenvalue weighted by molar-refractivity contribution is 0.0205. The molecule has 1 aliphatic rings. The Labute approximate surface area is 177 Å². The molecular weight excluding hydrogens is 377 g/mol. The molecule has 0 unspecified atom stereocenters. The van der Waals surface area contributed by atoms with E-state index in [0.717, 1.165) is 24.1 Å². The SMILES string of the molecule is [B]c1cc(-c2cccc(C3CCN(C(=O)OC(C)(C)C)CC3)c2)n2ncnc(N)c12. The summed E-state index contributed by atoms with van der Waals surface area (Å²) >= 11 is 0. The van der Waals surface area contributed by atoms with Crippen molar-refractivity contribution in [1.82, 2.24) is 19.5 Å². The number of piperidine rings is 1. The Morgan fingerprint density at radius 2 is 1.97 bits per heavy atom. The summed E-state index contributed by atoms with van der Waals surface area (Å²) in [5.41, 5.74) is 9.83. The van der Waals surface area contributed by atoms with E-state index in [0.29, 0.717) is 35.8 Å². The molecule has 3 aromatic rings. The zero-order valence-electron chi connectivity index (χ0n) is 17.6. The van der Waals surface area contributed by atoms with E-state index in [2.05, 4.69) is 22.2 Å². The molecule has 0 saturated carbocycles. The van der Waals surface area contributed by atoms with Gasteiger partial charge in [-0.1, -0.05) is 23.7 Å². The molecule has 2 N–H and O–H groups in total. The van der Waals surface area contributed by atoms with Gasteiger partial charge in [0, 0.05) is 18.7 Å². The Bertz CT molecular complexity index is 1080. The summed E-state index contributed by atoms with van der Waals surface area (Å²) in [7, 11) is 6.15.